The summed E-state index contributed by atoms with van der Waals surface area (Å²) >= 11 is 6.19. The van der Waals surface area contributed by atoms with Crippen molar-refractivity contribution in [3.63, 3.8) is 0 Å². The van der Waals surface area contributed by atoms with Gasteiger partial charge < -0.3 is 14.8 Å². The van der Waals surface area contributed by atoms with Gasteiger partial charge in [0.05, 0.1) is 34.8 Å². The Morgan fingerprint density at radius 2 is 1.93 bits per heavy atom. The van der Waals surface area contributed by atoms with Crippen molar-refractivity contribution in [1.29, 1.82) is 0 Å². The number of fused-ring (bicyclic) bond motifs is 3. The lowest BCUT2D eigenvalue weighted by Gasteiger charge is -2.37. The van der Waals surface area contributed by atoms with Crippen molar-refractivity contribution < 1.29 is 27.8 Å². The molecule has 146 valence electrons. The van der Waals surface area contributed by atoms with Gasteiger partial charge in [-0.05, 0) is 29.7 Å². The minimum Gasteiger partial charge on any atom is -0.481 e. The van der Waals surface area contributed by atoms with Gasteiger partial charge in [-0.15, -0.1) is 0 Å². The summed E-state index contributed by atoms with van der Waals surface area (Å²) in [6.45, 7) is 0.0892. The Hall–Kier alpha value is -2.51. The second-order valence-corrected chi connectivity index (χ2v) is 7.09. The largest absolute Gasteiger partial charge is 0.481 e. The number of carboxylic acid groups (broad SMARTS) is 1. The second-order valence-electron chi connectivity index (χ2n) is 6.68. The number of aromatic nitrogens is 1. The average Bonchev–Trinajstić information content (AvgIpc) is 3.03. The summed E-state index contributed by atoms with van der Waals surface area (Å²) in [6, 6.07) is 10.8. The third-order valence-corrected chi connectivity index (χ3v) is 5.37. The summed E-state index contributed by atoms with van der Waals surface area (Å²) < 4.78 is 46.9. The first-order valence-electron chi connectivity index (χ1n) is 8.56. The molecule has 3 aromatic rings. The first kappa shape index (κ1) is 18.8. The Labute approximate surface area is 162 Å². The molecule has 0 saturated carbocycles. The quantitative estimate of drug-likeness (QED) is 0.630. The van der Waals surface area contributed by atoms with Gasteiger partial charge in [-0.25, -0.2) is 0 Å². The molecule has 8 heteroatoms. The Morgan fingerprint density at radius 1 is 1.21 bits per heavy atom. The highest BCUT2D eigenvalue weighted by Gasteiger charge is 2.45. The lowest BCUT2D eigenvalue weighted by atomic mass is 9.82. The standard InChI is InChI=1S/C20H15ClF3NO3/c21-14-7-6-13(20(22,23)24)16-12-8-9-28-19(10-15(26)27,18(12)25-17(14)16)11-4-2-1-3-5-11/h1-7,25H,8-10H2,(H,26,27). The van der Waals surface area contributed by atoms with Crippen LogP contribution in [0.4, 0.5) is 13.2 Å². The van der Waals surface area contributed by atoms with Crippen LogP contribution in [-0.4, -0.2) is 22.7 Å². The molecular weight excluding hydrogens is 395 g/mol. The number of halogens is 4. The molecule has 2 heterocycles. The van der Waals surface area contributed by atoms with E-state index in [1.54, 1.807) is 30.3 Å². The van der Waals surface area contributed by atoms with Crippen molar-refractivity contribution in [3.8, 4) is 0 Å². The normalized spacial score (nSPS) is 19.6. The molecule has 0 fully saturated rings. The molecule has 0 saturated heterocycles. The number of rotatable bonds is 3. The first-order valence-corrected chi connectivity index (χ1v) is 8.94. The predicted molar refractivity (Wildman–Crippen MR) is 97.4 cm³/mol. The summed E-state index contributed by atoms with van der Waals surface area (Å²) in [6.07, 6.45) is -4.79. The Balaban J connectivity index is 2.08. The minimum atomic E-state index is -4.57. The van der Waals surface area contributed by atoms with Crippen molar-refractivity contribution in [2.75, 3.05) is 6.61 Å². The molecule has 28 heavy (non-hydrogen) atoms. The van der Waals surface area contributed by atoms with E-state index in [9.17, 15) is 23.1 Å². The maximum atomic E-state index is 13.6. The van der Waals surface area contributed by atoms with Gasteiger partial charge in [0.2, 0.25) is 0 Å². The fourth-order valence-electron chi connectivity index (χ4n) is 3.96. The molecule has 0 aliphatic carbocycles. The van der Waals surface area contributed by atoms with E-state index >= 15 is 0 Å². The average molecular weight is 410 g/mol. The molecule has 1 aromatic heterocycles. The number of hydrogen-bond donors (Lipinski definition) is 2. The Bertz CT molecular complexity index is 1060. The van der Waals surface area contributed by atoms with E-state index in [1.807, 2.05) is 0 Å². The van der Waals surface area contributed by atoms with Crippen LogP contribution in [-0.2, 0) is 27.7 Å². The molecule has 2 N–H and O–H groups in total. The molecule has 1 aliphatic heterocycles. The van der Waals surface area contributed by atoms with Crippen LogP contribution in [0.15, 0.2) is 42.5 Å². The van der Waals surface area contributed by atoms with Gasteiger partial charge in [-0.2, -0.15) is 13.2 Å². The molecule has 4 rings (SSSR count). The predicted octanol–water partition coefficient (Wildman–Crippen LogP) is 5.13. The lowest BCUT2D eigenvalue weighted by molar-refractivity contribution is -0.145. The number of H-pyrrole nitrogens is 1. The summed E-state index contributed by atoms with van der Waals surface area (Å²) in [7, 11) is 0. The molecule has 2 aromatic carbocycles. The zero-order valence-electron chi connectivity index (χ0n) is 14.4. The van der Waals surface area contributed by atoms with Crippen LogP contribution in [0.25, 0.3) is 10.9 Å². The SMILES string of the molecule is O=C(O)CC1(c2ccccc2)OCCc2c1[nH]c1c(Cl)ccc(C(F)(F)F)c21. The molecule has 0 bridgehead atoms. The van der Waals surface area contributed by atoms with E-state index in [2.05, 4.69) is 4.98 Å². The highest BCUT2D eigenvalue weighted by atomic mass is 35.5. The number of carboxylic acids is 1. The molecular formula is C20H15ClF3NO3. The smallest absolute Gasteiger partial charge is 0.417 e. The zero-order chi connectivity index (χ0) is 20.1. The number of nitrogens with one attached hydrogen (secondary N) is 1. The van der Waals surface area contributed by atoms with E-state index < -0.39 is 29.7 Å². The Morgan fingerprint density at radius 3 is 2.57 bits per heavy atom. The number of ether oxygens (including phenoxy) is 1. The van der Waals surface area contributed by atoms with Crippen LogP contribution in [0.2, 0.25) is 5.02 Å². The number of hydrogen-bond acceptors (Lipinski definition) is 2. The highest BCUT2D eigenvalue weighted by Crippen LogP contribution is 2.47. The maximum absolute atomic E-state index is 13.6. The van der Waals surface area contributed by atoms with Gasteiger partial charge in [-0.3, -0.25) is 4.79 Å². The van der Waals surface area contributed by atoms with Crippen molar-refractivity contribution in [3.05, 3.63) is 69.9 Å². The van der Waals surface area contributed by atoms with Crippen LogP contribution in [0.3, 0.4) is 0 Å². The van der Waals surface area contributed by atoms with Gasteiger partial charge in [0.25, 0.3) is 0 Å². The fourth-order valence-corrected chi connectivity index (χ4v) is 4.16. The summed E-state index contributed by atoms with van der Waals surface area (Å²) in [4.78, 5) is 14.6. The molecule has 1 atom stereocenters. The van der Waals surface area contributed by atoms with Gasteiger partial charge in [0.1, 0.15) is 5.60 Å². The van der Waals surface area contributed by atoms with E-state index in [0.29, 0.717) is 16.8 Å². The third-order valence-electron chi connectivity index (χ3n) is 5.06. The van der Waals surface area contributed by atoms with Crippen molar-refractivity contribution >= 4 is 28.5 Å². The van der Waals surface area contributed by atoms with Crippen molar-refractivity contribution in [2.24, 2.45) is 0 Å². The van der Waals surface area contributed by atoms with Crippen molar-refractivity contribution in [2.45, 2.75) is 24.6 Å². The van der Waals surface area contributed by atoms with Crippen LogP contribution < -0.4 is 0 Å². The molecule has 0 spiro atoms. The van der Waals surface area contributed by atoms with Crippen LogP contribution >= 0.6 is 11.6 Å². The number of benzene rings is 2. The van der Waals surface area contributed by atoms with E-state index in [4.69, 9.17) is 16.3 Å². The van der Waals surface area contributed by atoms with E-state index in [0.717, 1.165) is 6.07 Å². The molecule has 4 nitrogen and oxygen atoms in total. The minimum absolute atomic E-state index is 0.0241. The zero-order valence-corrected chi connectivity index (χ0v) is 15.2. The Kier molecular flexibility index (Phi) is 4.39. The van der Waals surface area contributed by atoms with E-state index in [1.165, 1.54) is 6.07 Å². The van der Waals surface area contributed by atoms with Gasteiger partial charge in [0, 0.05) is 5.39 Å². The number of aliphatic carboxylic acids is 1. The summed E-state index contributed by atoms with van der Waals surface area (Å²) in [5.41, 5.74) is -0.843. The monoisotopic (exact) mass is 409 g/mol. The number of aromatic amines is 1. The van der Waals surface area contributed by atoms with Crippen LogP contribution in [0.1, 0.15) is 28.8 Å². The summed E-state index contributed by atoms with van der Waals surface area (Å²) in [5.74, 6) is -1.13. The topological polar surface area (TPSA) is 62.3 Å². The number of carbonyl (C=O) groups is 1. The van der Waals surface area contributed by atoms with Crippen LogP contribution in [0.5, 0.6) is 0 Å². The number of alkyl halides is 3. The molecule has 1 unspecified atom stereocenters. The van der Waals surface area contributed by atoms with Crippen molar-refractivity contribution in [1.82, 2.24) is 4.98 Å². The maximum Gasteiger partial charge on any atom is 0.417 e. The second kappa shape index (κ2) is 6.53. The van der Waals surface area contributed by atoms with Gasteiger partial charge in [0.15, 0.2) is 0 Å². The third kappa shape index (κ3) is 2.86. The molecule has 0 radical (unpaired) electrons. The highest BCUT2D eigenvalue weighted by molar-refractivity contribution is 6.35. The molecule has 1 aliphatic rings. The van der Waals surface area contributed by atoms with Gasteiger partial charge in [-0.1, -0.05) is 41.9 Å². The fraction of sp³-hybridized carbons (Fsp3) is 0.250. The van der Waals surface area contributed by atoms with Gasteiger partial charge >= 0.3 is 12.1 Å². The molecule has 0 amide bonds. The first-order chi connectivity index (χ1) is 13.2. The van der Waals surface area contributed by atoms with E-state index in [-0.39, 0.29) is 29.0 Å². The lowest BCUT2D eigenvalue weighted by Crippen LogP contribution is -2.39. The van der Waals surface area contributed by atoms with Crippen LogP contribution in [0, 0.1) is 0 Å². The summed E-state index contributed by atoms with van der Waals surface area (Å²) in [5, 5.41) is 9.64.